The highest BCUT2D eigenvalue weighted by atomic mass is 16.2. The number of rotatable bonds is 3. The summed E-state index contributed by atoms with van der Waals surface area (Å²) in [6.07, 6.45) is 8.69. The van der Waals surface area contributed by atoms with Gasteiger partial charge in [0.05, 0.1) is 6.04 Å². The van der Waals surface area contributed by atoms with Gasteiger partial charge in [0.2, 0.25) is 5.91 Å². The fourth-order valence-corrected chi connectivity index (χ4v) is 4.30. The third-order valence-corrected chi connectivity index (χ3v) is 5.56. The van der Waals surface area contributed by atoms with Gasteiger partial charge in [-0.1, -0.05) is 37.6 Å². The number of aromatic nitrogens is 2. The molecule has 126 valence electrons. The molecule has 2 aliphatic rings. The molecule has 1 aromatic carbocycles. The van der Waals surface area contributed by atoms with Gasteiger partial charge in [-0.3, -0.25) is 4.79 Å². The van der Waals surface area contributed by atoms with Gasteiger partial charge in [-0.25, -0.2) is 4.98 Å². The van der Waals surface area contributed by atoms with Crippen LogP contribution < -0.4 is 0 Å². The third kappa shape index (κ3) is 2.64. The summed E-state index contributed by atoms with van der Waals surface area (Å²) in [5, 5.41) is 0. The minimum Gasteiger partial charge on any atom is -0.335 e. The largest absolute Gasteiger partial charge is 0.335 e. The van der Waals surface area contributed by atoms with E-state index in [1.54, 1.807) is 0 Å². The first-order chi connectivity index (χ1) is 11.8. The highest BCUT2D eigenvalue weighted by molar-refractivity contribution is 5.80. The van der Waals surface area contributed by atoms with E-state index in [1.165, 1.54) is 11.1 Å². The maximum absolute atomic E-state index is 13.3. The number of nitrogens with zero attached hydrogens (tertiary/aromatic N) is 3. The van der Waals surface area contributed by atoms with Gasteiger partial charge in [-0.05, 0) is 30.4 Å². The highest BCUT2D eigenvalue weighted by Crippen LogP contribution is 2.35. The summed E-state index contributed by atoms with van der Waals surface area (Å²) < 4.78 is 2.18. The summed E-state index contributed by atoms with van der Waals surface area (Å²) in [6.45, 7) is 3.97. The minimum atomic E-state index is 0.0875. The molecular formula is C20H25N3O. The number of hydrogen-bond acceptors (Lipinski definition) is 2. The second kappa shape index (κ2) is 6.42. The van der Waals surface area contributed by atoms with Crippen LogP contribution in [-0.2, 0) is 24.2 Å². The average Bonchev–Trinajstić information content (AvgIpc) is 3.09. The first-order valence-corrected chi connectivity index (χ1v) is 9.16. The Balaban J connectivity index is 1.58. The van der Waals surface area contributed by atoms with E-state index in [0.717, 1.165) is 51.0 Å². The van der Waals surface area contributed by atoms with Crippen LogP contribution in [0.15, 0.2) is 36.7 Å². The van der Waals surface area contributed by atoms with E-state index in [9.17, 15) is 4.79 Å². The maximum Gasteiger partial charge on any atom is 0.226 e. The Morgan fingerprint density at radius 3 is 3.04 bits per heavy atom. The topological polar surface area (TPSA) is 38.1 Å². The number of imidazole rings is 1. The number of carbonyl (C=O) groups is 1. The Morgan fingerprint density at radius 1 is 1.29 bits per heavy atom. The third-order valence-electron chi connectivity index (χ3n) is 5.56. The average molecular weight is 323 g/mol. The number of aryl methyl sites for hydroxylation is 1. The van der Waals surface area contributed by atoms with Crippen molar-refractivity contribution in [3.8, 4) is 0 Å². The molecular weight excluding hydrogens is 298 g/mol. The Kier molecular flexibility index (Phi) is 4.13. The lowest BCUT2D eigenvalue weighted by Gasteiger charge is -2.40. The molecule has 1 amide bonds. The van der Waals surface area contributed by atoms with Gasteiger partial charge in [-0.15, -0.1) is 0 Å². The van der Waals surface area contributed by atoms with Crippen molar-refractivity contribution in [2.45, 2.75) is 51.6 Å². The van der Waals surface area contributed by atoms with E-state index >= 15 is 0 Å². The number of fused-ring (bicyclic) bond motifs is 2. The first-order valence-electron chi connectivity index (χ1n) is 9.16. The summed E-state index contributed by atoms with van der Waals surface area (Å²) in [7, 11) is 0. The van der Waals surface area contributed by atoms with E-state index in [2.05, 4.69) is 45.6 Å². The van der Waals surface area contributed by atoms with Crippen LogP contribution in [0.1, 0.15) is 49.2 Å². The van der Waals surface area contributed by atoms with Gasteiger partial charge in [0.1, 0.15) is 5.82 Å². The summed E-state index contributed by atoms with van der Waals surface area (Å²) in [5.74, 6) is 1.48. The molecule has 0 N–H and O–H groups in total. The molecule has 0 aliphatic carbocycles. The van der Waals surface area contributed by atoms with Crippen molar-refractivity contribution in [3.05, 3.63) is 53.6 Å². The zero-order valence-electron chi connectivity index (χ0n) is 14.3. The Morgan fingerprint density at radius 2 is 2.17 bits per heavy atom. The van der Waals surface area contributed by atoms with Gasteiger partial charge in [0, 0.05) is 37.8 Å². The lowest BCUT2D eigenvalue weighted by molar-refractivity contribution is -0.139. The zero-order chi connectivity index (χ0) is 16.5. The molecule has 0 saturated heterocycles. The van der Waals surface area contributed by atoms with Gasteiger partial charge in [0.25, 0.3) is 0 Å². The summed E-state index contributed by atoms with van der Waals surface area (Å²) in [4.78, 5) is 19.8. The van der Waals surface area contributed by atoms with Crippen LogP contribution in [0.3, 0.4) is 0 Å². The molecule has 0 saturated carbocycles. The molecule has 1 aromatic heterocycles. The van der Waals surface area contributed by atoms with E-state index in [0.29, 0.717) is 5.91 Å². The molecule has 0 fully saturated rings. The van der Waals surface area contributed by atoms with Crippen LogP contribution in [0.2, 0.25) is 0 Å². The molecule has 0 spiro atoms. The number of benzene rings is 1. The van der Waals surface area contributed by atoms with E-state index in [-0.39, 0.29) is 12.0 Å². The fraction of sp³-hybridized carbons (Fsp3) is 0.500. The molecule has 24 heavy (non-hydrogen) atoms. The molecule has 4 heteroatoms. The standard InChI is InChI=1S/C20H25N3O/c1-2-5-18-17-7-4-3-6-15(17)9-12-23(18)20(24)16-8-11-22-13-10-21-19(22)14-16/h3-4,6-7,10,13,16,18H,2,5,8-9,11-12,14H2,1H3. The number of amides is 1. The van der Waals surface area contributed by atoms with E-state index < -0.39 is 0 Å². The summed E-state index contributed by atoms with van der Waals surface area (Å²) in [6, 6.07) is 8.89. The Bertz CT molecular complexity index is 736. The maximum atomic E-state index is 13.3. The molecule has 2 atom stereocenters. The second-order valence-corrected chi connectivity index (χ2v) is 7.01. The smallest absolute Gasteiger partial charge is 0.226 e. The van der Waals surface area contributed by atoms with Crippen LogP contribution >= 0.6 is 0 Å². The van der Waals surface area contributed by atoms with Crippen LogP contribution in [-0.4, -0.2) is 26.9 Å². The van der Waals surface area contributed by atoms with E-state index in [4.69, 9.17) is 0 Å². The van der Waals surface area contributed by atoms with Crippen molar-refractivity contribution in [2.75, 3.05) is 6.54 Å². The van der Waals surface area contributed by atoms with Crippen molar-refractivity contribution in [1.82, 2.24) is 14.5 Å². The SMILES string of the molecule is CCCC1c2ccccc2CCN1C(=O)C1CCn2ccnc2C1. The van der Waals surface area contributed by atoms with Crippen LogP contribution in [0.5, 0.6) is 0 Å². The highest BCUT2D eigenvalue weighted by Gasteiger charge is 2.35. The number of carbonyl (C=O) groups excluding carboxylic acids is 1. The zero-order valence-corrected chi connectivity index (χ0v) is 14.3. The lowest BCUT2D eigenvalue weighted by atomic mass is 9.87. The Labute approximate surface area is 143 Å². The monoisotopic (exact) mass is 323 g/mol. The minimum absolute atomic E-state index is 0.0875. The van der Waals surface area contributed by atoms with Gasteiger partial charge in [0.15, 0.2) is 0 Å². The van der Waals surface area contributed by atoms with Crippen molar-refractivity contribution in [2.24, 2.45) is 5.92 Å². The van der Waals surface area contributed by atoms with Crippen LogP contribution in [0.4, 0.5) is 0 Å². The summed E-state index contributed by atoms with van der Waals surface area (Å²) >= 11 is 0. The fourth-order valence-electron chi connectivity index (χ4n) is 4.30. The van der Waals surface area contributed by atoms with Crippen LogP contribution in [0.25, 0.3) is 0 Å². The molecule has 4 nitrogen and oxygen atoms in total. The molecule has 2 aromatic rings. The van der Waals surface area contributed by atoms with Gasteiger partial charge < -0.3 is 9.47 Å². The predicted octanol–water partition coefficient (Wildman–Crippen LogP) is 3.37. The van der Waals surface area contributed by atoms with Crippen molar-refractivity contribution < 1.29 is 4.79 Å². The lowest BCUT2D eigenvalue weighted by Crippen LogP contribution is -2.44. The number of hydrogen-bond donors (Lipinski definition) is 0. The quantitative estimate of drug-likeness (QED) is 0.868. The molecule has 2 unspecified atom stereocenters. The van der Waals surface area contributed by atoms with Crippen molar-refractivity contribution >= 4 is 5.91 Å². The predicted molar refractivity (Wildman–Crippen MR) is 93.5 cm³/mol. The van der Waals surface area contributed by atoms with Crippen molar-refractivity contribution in [3.63, 3.8) is 0 Å². The molecule has 0 bridgehead atoms. The molecule has 0 radical (unpaired) electrons. The normalized spacial score (nSPS) is 22.8. The molecule has 4 rings (SSSR count). The van der Waals surface area contributed by atoms with Crippen LogP contribution in [0, 0.1) is 5.92 Å². The molecule has 3 heterocycles. The van der Waals surface area contributed by atoms with Gasteiger partial charge in [-0.2, -0.15) is 0 Å². The molecule has 2 aliphatic heterocycles. The first kappa shape index (κ1) is 15.4. The Hall–Kier alpha value is -2.10. The van der Waals surface area contributed by atoms with Crippen molar-refractivity contribution in [1.29, 1.82) is 0 Å². The second-order valence-electron chi connectivity index (χ2n) is 7.01. The summed E-state index contributed by atoms with van der Waals surface area (Å²) in [5.41, 5.74) is 2.77. The van der Waals surface area contributed by atoms with E-state index in [1.807, 2.05) is 12.4 Å². The van der Waals surface area contributed by atoms with Gasteiger partial charge >= 0.3 is 0 Å².